The first kappa shape index (κ1) is 18.2. The van der Waals surface area contributed by atoms with Gasteiger partial charge in [0, 0.05) is 25.7 Å². The van der Waals surface area contributed by atoms with Gasteiger partial charge in [-0.1, -0.05) is 0 Å². The number of rotatable bonds is 6. The summed E-state index contributed by atoms with van der Waals surface area (Å²) < 4.78 is 29.9. The van der Waals surface area contributed by atoms with Crippen LogP contribution in [-0.2, 0) is 14.8 Å². The van der Waals surface area contributed by atoms with Gasteiger partial charge in [-0.25, -0.2) is 13.2 Å². The van der Waals surface area contributed by atoms with Gasteiger partial charge in [0.05, 0.1) is 25.5 Å². The number of amides is 2. The molecule has 1 fully saturated rings. The number of morpholine rings is 1. The second kappa shape index (κ2) is 7.95. The Labute approximate surface area is 127 Å². The van der Waals surface area contributed by atoms with Gasteiger partial charge in [-0.05, 0) is 27.2 Å². The van der Waals surface area contributed by atoms with Crippen LogP contribution in [0.5, 0.6) is 0 Å². The van der Waals surface area contributed by atoms with Gasteiger partial charge in [-0.3, -0.25) is 0 Å². The van der Waals surface area contributed by atoms with Crippen LogP contribution in [0, 0.1) is 0 Å². The van der Waals surface area contributed by atoms with Crippen molar-refractivity contribution in [2.24, 2.45) is 0 Å². The smallest absolute Gasteiger partial charge is 0.317 e. The van der Waals surface area contributed by atoms with E-state index in [0.717, 1.165) is 0 Å². The highest BCUT2D eigenvalue weighted by atomic mass is 32.2. The lowest BCUT2D eigenvalue weighted by atomic mass is 10.3. The number of hydrogen-bond acceptors (Lipinski definition) is 4. The summed E-state index contributed by atoms with van der Waals surface area (Å²) in [5, 5.41) is 2.84. The SMILES string of the molecule is CC(C)N(CCCNC(=O)N1CCOC[C@H]1C)S(C)(=O)=O. The third-order valence-electron chi connectivity index (χ3n) is 3.46. The summed E-state index contributed by atoms with van der Waals surface area (Å²) in [4.78, 5) is 13.8. The topological polar surface area (TPSA) is 79.0 Å². The summed E-state index contributed by atoms with van der Waals surface area (Å²) in [6.07, 6.45) is 1.80. The van der Waals surface area contributed by atoms with Gasteiger partial charge in [0.1, 0.15) is 0 Å². The van der Waals surface area contributed by atoms with E-state index in [-0.39, 0.29) is 18.1 Å². The quantitative estimate of drug-likeness (QED) is 0.722. The molecule has 7 nitrogen and oxygen atoms in total. The van der Waals surface area contributed by atoms with Crippen molar-refractivity contribution in [1.82, 2.24) is 14.5 Å². The van der Waals surface area contributed by atoms with Crippen molar-refractivity contribution >= 4 is 16.1 Å². The average molecular weight is 321 g/mol. The Morgan fingerprint density at radius 1 is 1.48 bits per heavy atom. The third-order valence-corrected chi connectivity index (χ3v) is 4.92. The highest BCUT2D eigenvalue weighted by Crippen LogP contribution is 2.07. The Morgan fingerprint density at radius 2 is 2.14 bits per heavy atom. The number of sulfonamides is 1. The van der Waals surface area contributed by atoms with Gasteiger partial charge in [0.15, 0.2) is 0 Å². The number of nitrogens with one attached hydrogen (secondary N) is 1. The molecule has 0 bridgehead atoms. The van der Waals surface area contributed by atoms with Crippen LogP contribution in [0.15, 0.2) is 0 Å². The number of urea groups is 1. The van der Waals surface area contributed by atoms with Crippen molar-refractivity contribution in [2.75, 3.05) is 39.1 Å². The zero-order chi connectivity index (χ0) is 16.0. The summed E-state index contributed by atoms with van der Waals surface area (Å²) in [6, 6.07) is -0.113. The highest BCUT2D eigenvalue weighted by Gasteiger charge is 2.23. The molecule has 124 valence electrons. The van der Waals surface area contributed by atoms with E-state index < -0.39 is 10.0 Å². The molecule has 0 aromatic carbocycles. The van der Waals surface area contributed by atoms with E-state index in [0.29, 0.717) is 39.3 Å². The molecule has 0 saturated carbocycles. The van der Waals surface area contributed by atoms with Crippen LogP contribution in [0.4, 0.5) is 4.79 Å². The van der Waals surface area contributed by atoms with Crippen molar-refractivity contribution in [3.63, 3.8) is 0 Å². The maximum atomic E-state index is 12.0. The zero-order valence-corrected chi connectivity index (χ0v) is 14.1. The summed E-state index contributed by atoms with van der Waals surface area (Å²) in [6.45, 7) is 8.22. The lowest BCUT2D eigenvalue weighted by Gasteiger charge is -2.33. The van der Waals surface area contributed by atoms with Crippen LogP contribution in [0.2, 0.25) is 0 Å². The number of hydrogen-bond donors (Lipinski definition) is 1. The average Bonchev–Trinajstić information content (AvgIpc) is 2.36. The Bertz CT molecular complexity index is 439. The van der Waals surface area contributed by atoms with E-state index in [9.17, 15) is 13.2 Å². The van der Waals surface area contributed by atoms with Crippen LogP contribution in [0.3, 0.4) is 0 Å². The normalized spacial score (nSPS) is 20.1. The first-order chi connectivity index (χ1) is 9.73. The minimum atomic E-state index is -3.20. The molecule has 2 amide bonds. The molecule has 1 rings (SSSR count). The number of nitrogens with zero attached hydrogens (tertiary/aromatic N) is 2. The van der Waals surface area contributed by atoms with Gasteiger partial charge in [0.25, 0.3) is 0 Å². The van der Waals surface area contributed by atoms with E-state index in [1.807, 2.05) is 20.8 Å². The van der Waals surface area contributed by atoms with Crippen molar-refractivity contribution in [1.29, 1.82) is 0 Å². The van der Waals surface area contributed by atoms with Crippen LogP contribution in [0.1, 0.15) is 27.2 Å². The van der Waals surface area contributed by atoms with E-state index in [2.05, 4.69) is 5.32 Å². The monoisotopic (exact) mass is 321 g/mol. The molecule has 0 aliphatic carbocycles. The lowest BCUT2D eigenvalue weighted by Crippen LogP contribution is -2.51. The van der Waals surface area contributed by atoms with E-state index >= 15 is 0 Å². The number of ether oxygens (including phenoxy) is 1. The minimum absolute atomic E-state index is 0.0712. The molecule has 0 radical (unpaired) electrons. The summed E-state index contributed by atoms with van der Waals surface area (Å²) in [7, 11) is -3.20. The fraction of sp³-hybridized carbons (Fsp3) is 0.923. The van der Waals surface area contributed by atoms with Crippen LogP contribution in [0.25, 0.3) is 0 Å². The molecule has 1 N–H and O–H groups in total. The largest absolute Gasteiger partial charge is 0.377 e. The Kier molecular flexibility index (Phi) is 6.89. The predicted octanol–water partition coefficient (Wildman–Crippen LogP) is 0.477. The molecule has 0 aromatic rings. The van der Waals surface area contributed by atoms with Crippen molar-refractivity contribution in [3.05, 3.63) is 0 Å². The van der Waals surface area contributed by atoms with Crippen LogP contribution in [-0.4, -0.2) is 74.8 Å². The van der Waals surface area contributed by atoms with Crippen molar-refractivity contribution in [3.8, 4) is 0 Å². The van der Waals surface area contributed by atoms with Crippen LogP contribution < -0.4 is 5.32 Å². The number of carbonyl (C=O) groups excluding carboxylic acids is 1. The molecule has 0 aromatic heterocycles. The molecule has 8 heteroatoms. The summed E-state index contributed by atoms with van der Waals surface area (Å²) >= 11 is 0. The molecule has 0 spiro atoms. The maximum absolute atomic E-state index is 12.0. The van der Waals surface area contributed by atoms with Gasteiger partial charge < -0.3 is 15.0 Å². The fourth-order valence-corrected chi connectivity index (χ4v) is 3.59. The second-order valence-corrected chi connectivity index (χ2v) is 7.61. The van der Waals surface area contributed by atoms with E-state index in [1.54, 1.807) is 4.90 Å². The zero-order valence-electron chi connectivity index (χ0n) is 13.3. The standard InChI is InChI=1S/C13H27N3O4S/c1-11(2)16(21(4,18)19)7-5-6-14-13(17)15-8-9-20-10-12(15)3/h11-12H,5-10H2,1-4H3,(H,14,17)/t12-/m1/s1. The van der Waals surface area contributed by atoms with E-state index in [4.69, 9.17) is 4.74 Å². The molecule has 0 unspecified atom stereocenters. The van der Waals surface area contributed by atoms with Gasteiger partial charge in [-0.2, -0.15) is 4.31 Å². The summed E-state index contributed by atoms with van der Waals surface area (Å²) in [5.41, 5.74) is 0. The Hall–Kier alpha value is -0.860. The van der Waals surface area contributed by atoms with Crippen LogP contribution >= 0.6 is 0 Å². The molecule has 1 saturated heterocycles. The molecular formula is C13H27N3O4S. The van der Waals surface area contributed by atoms with Crippen molar-refractivity contribution in [2.45, 2.75) is 39.3 Å². The highest BCUT2D eigenvalue weighted by molar-refractivity contribution is 7.88. The molecular weight excluding hydrogens is 294 g/mol. The molecule has 1 atom stereocenters. The lowest BCUT2D eigenvalue weighted by molar-refractivity contribution is 0.0190. The van der Waals surface area contributed by atoms with Gasteiger partial charge >= 0.3 is 6.03 Å². The molecule has 21 heavy (non-hydrogen) atoms. The first-order valence-electron chi connectivity index (χ1n) is 7.32. The molecule has 1 heterocycles. The predicted molar refractivity (Wildman–Crippen MR) is 81.7 cm³/mol. The van der Waals surface area contributed by atoms with Crippen molar-refractivity contribution < 1.29 is 17.9 Å². The minimum Gasteiger partial charge on any atom is -0.377 e. The maximum Gasteiger partial charge on any atom is 0.317 e. The first-order valence-corrected chi connectivity index (χ1v) is 9.17. The molecule has 1 aliphatic heterocycles. The number of carbonyl (C=O) groups is 1. The van der Waals surface area contributed by atoms with Gasteiger partial charge in [-0.15, -0.1) is 0 Å². The third kappa shape index (κ3) is 5.80. The summed E-state index contributed by atoms with van der Waals surface area (Å²) in [5.74, 6) is 0. The van der Waals surface area contributed by atoms with E-state index in [1.165, 1.54) is 10.6 Å². The second-order valence-electron chi connectivity index (χ2n) is 5.67. The van der Waals surface area contributed by atoms with Gasteiger partial charge in [0.2, 0.25) is 10.0 Å². The Balaban J connectivity index is 2.34. The molecule has 1 aliphatic rings. The fourth-order valence-electron chi connectivity index (χ4n) is 2.37. The Morgan fingerprint density at radius 3 is 2.67 bits per heavy atom.